The average Bonchev–Trinajstić information content (AvgIpc) is 2.79. The minimum atomic E-state index is -3.53. The van der Waals surface area contributed by atoms with Gasteiger partial charge in [0, 0.05) is 26.3 Å². The number of nitrogen functional groups attached to an aromatic ring is 1. The number of benzene rings is 1. The van der Waals surface area contributed by atoms with E-state index in [1.165, 1.54) is 21.3 Å². The van der Waals surface area contributed by atoms with Crippen LogP contribution in [0.5, 0.6) is 0 Å². The van der Waals surface area contributed by atoms with Gasteiger partial charge in [-0.05, 0) is 23.8 Å². The predicted molar refractivity (Wildman–Crippen MR) is 72.7 cm³/mol. The third-order valence-corrected chi connectivity index (χ3v) is 4.71. The quantitative estimate of drug-likeness (QED) is 0.841. The highest BCUT2D eigenvalue weighted by Gasteiger charge is 2.23. The third kappa shape index (κ3) is 2.77. The fourth-order valence-corrected chi connectivity index (χ4v) is 2.99. The van der Waals surface area contributed by atoms with E-state index >= 15 is 0 Å². The zero-order valence-corrected chi connectivity index (χ0v) is 11.6. The molecule has 0 aliphatic carbocycles. The van der Waals surface area contributed by atoms with E-state index in [-0.39, 0.29) is 11.6 Å². The summed E-state index contributed by atoms with van der Waals surface area (Å²) in [7, 11) is -0.391. The van der Waals surface area contributed by atoms with Crippen molar-refractivity contribution >= 4 is 15.7 Å². The summed E-state index contributed by atoms with van der Waals surface area (Å²) < 4.78 is 27.3. The summed E-state index contributed by atoms with van der Waals surface area (Å²) in [5.74, 6) is 0. The van der Waals surface area contributed by atoms with Gasteiger partial charge >= 0.3 is 0 Å². The molecule has 2 aromatic rings. The van der Waals surface area contributed by atoms with Crippen LogP contribution in [0.15, 0.2) is 41.6 Å². The molecular formula is C12H16N4O2S. The molecule has 1 aromatic heterocycles. The standard InChI is InChI=1S/C12H16N4O2S/c1-15(9-10-3-5-11(13)6-4-10)19(17,18)12-7-8-14-16(12)2/h3-8H,9,13H2,1-2H3. The maximum atomic E-state index is 12.3. The van der Waals surface area contributed by atoms with Gasteiger partial charge in [-0.1, -0.05) is 12.1 Å². The van der Waals surface area contributed by atoms with E-state index in [0.29, 0.717) is 5.69 Å². The van der Waals surface area contributed by atoms with Gasteiger partial charge < -0.3 is 5.73 Å². The van der Waals surface area contributed by atoms with Gasteiger partial charge in [0.2, 0.25) is 0 Å². The molecule has 0 unspecified atom stereocenters. The molecular weight excluding hydrogens is 264 g/mol. The number of nitrogens with zero attached hydrogens (tertiary/aromatic N) is 3. The summed E-state index contributed by atoms with van der Waals surface area (Å²) >= 11 is 0. The van der Waals surface area contributed by atoms with Gasteiger partial charge in [0.15, 0.2) is 5.03 Å². The maximum absolute atomic E-state index is 12.3. The van der Waals surface area contributed by atoms with Crippen molar-refractivity contribution in [1.29, 1.82) is 0 Å². The average molecular weight is 280 g/mol. The summed E-state index contributed by atoms with van der Waals surface area (Å²) in [6.45, 7) is 0.286. The van der Waals surface area contributed by atoms with Crippen LogP contribution in [0, 0.1) is 0 Å². The fraction of sp³-hybridized carbons (Fsp3) is 0.250. The maximum Gasteiger partial charge on any atom is 0.260 e. The Hall–Kier alpha value is -1.86. The number of nitrogens with two attached hydrogens (primary N) is 1. The fourth-order valence-electron chi connectivity index (χ4n) is 1.74. The largest absolute Gasteiger partial charge is 0.399 e. The van der Waals surface area contributed by atoms with Crippen molar-refractivity contribution in [2.24, 2.45) is 7.05 Å². The normalized spacial score (nSPS) is 11.9. The van der Waals surface area contributed by atoms with Gasteiger partial charge in [-0.15, -0.1) is 0 Å². The first-order valence-corrected chi connectivity index (χ1v) is 7.14. The minimum absolute atomic E-state index is 0.172. The summed E-state index contributed by atoms with van der Waals surface area (Å²) in [6, 6.07) is 8.60. The first-order valence-electron chi connectivity index (χ1n) is 5.70. The molecule has 1 aromatic carbocycles. The van der Waals surface area contributed by atoms with Crippen LogP contribution in [-0.2, 0) is 23.6 Å². The number of hydrogen-bond acceptors (Lipinski definition) is 4. The van der Waals surface area contributed by atoms with Crippen molar-refractivity contribution in [2.45, 2.75) is 11.6 Å². The van der Waals surface area contributed by atoms with Crippen LogP contribution in [0.2, 0.25) is 0 Å². The molecule has 0 bridgehead atoms. The molecule has 0 atom stereocenters. The Bertz CT molecular complexity index is 661. The van der Waals surface area contributed by atoms with E-state index in [1.807, 2.05) is 12.1 Å². The molecule has 0 amide bonds. The molecule has 102 valence electrons. The van der Waals surface area contributed by atoms with Crippen molar-refractivity contribution in [1.82, 2.24) is 14.1 Å². The molecule has 7 heteroatoms. The molecule has 6 nitrogen and oxygen atoms in total. The lowest BCUT2D eigenvalue weighted by Gasteiger charge is -2.17. The van der Waals surface area contributed by atoms with Crippen LogP contribution < -0.4 is 5.73 Å². The summed E-state index contributed by atoms with van der Waals surface area (Å²) in [5, 5.41) is 4.05. The Morgan fingerprint density at radius 3 is 2.42 bits per heavy atom. The van der Waals surface area contributed by atoms with Crippen LogP contribution in [-0.4, -0.2) is 29.6 Å². The van der Waals surface area contributed by atoms with E-state index in [9.17, 15) is 8.42 Å². The second kappa shape index (κ2) is 5.02. The van der Waals surface area contributed by atoms with E-state index in [0.717, 1.165) is 5.56 Å². The number of anilines is 1. The summed E-state index contributed by atoms with van der Waals surface area (Å²) in [6.07, 6.45) is 1.46. The zero-order chi connectivity index (χ0) is 14.0. The zero-order valence-electron chi connectivity index (χ0n) is 10.8. The van der Waals surface area contributed by atoms with E-state index in [1.54, 1.807) is 26.2 Å². The van der Waals surface area contributed by atoms with E-state index in [4.69, 9.17) is 5.73 Å². The predicted octanol–water partition coefficient (Wildman–Crippen LogP) is 0.823. The molecule has 0 fully saturated rings. The Labute approximate surface area is 112 Å². The monoisotopic (exact) mass is 280 g/mol. The number of hydrogen-bond donors (Lipinski definition) is 1. The second-order valence-corrected chi connectivity index (χ2v) is 6.29. The van der Waals surface area contributed by atoms with Gasteiger partial charge in [-0.3, -0.25) is 4.68 Å². The minimum Gasteiger partial charge on any atom is -0.399 e. The topological polar surface area (TPSA) is 81.2 Å². The number of aromatic nitrogens is 2. The Morgan fingerprint density at radius 2 is 1.89 bits per heavy atom. The Balaban J connectivity index is 2.22. The van der Waals surface area contributed by atoms with Crippen LogP contribution in [0.3, 0.4) is 0 Å². The van der Waals surface area contributed by atoms with Crippen molar-refractivity contribution in [2.75, 3.05) is 12.8 Å². The SMILES string of the molecule is CN(Cc1ccc(N)cc1)S(=O)(=O)c1ccnn1C. The number of sulfonamides is 1. The van der Waals surface area contributed by atoms with Crippen LogP contribution >= 0.6 is 0 Å². The van der Waals surface area contributed by atoms with Gasteiger partial charge in [0.1, 0.15) is 0 Å². The first-order chi connectivity index (χ1) is 8.91. The molecule has 0 spiro atoms. The lowest BCUT2D eigenvalue weighted by molar-refractivity contribution is 0.457. The molecule has 0 saturated carbocycles. The van der Waals surface area contributed by atoms with Crippen LogP contribution in [0.1, 0.15) is 5.56 Å². The first kappa shape index (κ1) is 13.6. The molecule has 19 heavy (non-hydrogen) atoms. The van der Waals surface area contributed by atoms with E-state index < -0.39 is 10.0 Å². The summed E-state index contributed by atoms with van der Waals surface area (Å²) in [4.78, 5) is 0. The lowest BCUT2D eigenvalue weighted by atomic mass is 10.2. The highest BCUT2D eigenvalue weighted by atomic mass is 32.2. The van der Waals surface area contributed by atoms with Crippen molar-refractivity contribution in [3.05, 3.63) is 42.1 Å². The lowest BCUT2D eigenvalue weighted by Crippen LogP contribution is -2.28. The molecule has 0 radical (unpaired) electrons. The second-order valence-electron chi connectivity index (χ2n) is 4.30. The molecule has 1 heterocycles. The van der Waals surface area contributed by atoms with Crippen LogP contribution in [0.25, 0.3) is 0 Å². The van der Waals surface area contributed by atoms with Gasteiger partial charge in [0.25, 0.3) is 10.0 Å². The highest BCUT2D eigenvalue weighted by Crippen LogP contribution is 2.16. The molecule has 0 saturated heterocycles. The van der Waals surface area contributed by atoms with Gasteiger partial charge in [-0.2, -0.15) is 9.40 Å². The van der Waals surface area contributed by atoms with E-state index in [2.05, 4.69) is 5.10 Å². The summed E-state index contributed by atoms with van der Waals surface area (Å²) in [5.41, 5.74) is 7.13. The smallest absolute Gasteiger partial charge is 0.260 e. The molecule has 2 rings (SSSR count). The molecule has 2 N–H and O–H groups in total. The third-order valence-electron chi connectivity index (χ3n) is 2.84. The number of aryl methyl sites for hydroxylation is 1. The van der Waals surface area contributed by atoms with Crippen LogP contribution in [0.4, 0.5) is 5.69 Å². The van der Waals surface area contributed by atoms with Crippen molar-refractivity contribution < 1.29 is 8.42 Å². The Kier molecular flexibility index (Phi) is 3.59. The Morgan fingerprint density at radius 1 is 1.26 bits per heavy atom. The molecule has 0 aliphatic heterocycles. The van der Waals surface area contributed by atoms with Gasteiger partial charge in [-0.25, -0.2) is 8.42 Å². The molecule has 0 aliphatic rings. The van der Waals surface area contributed by atoms with Crippen molar-refractivity contribution in [3.8, 4) is 0 Å². The van der Waals surface area contributed by atoms with Gasteiger partial charge in [0.05, 0.1) is 6.20 Å². The number of rotatable bonds is 4. The van der Waals surface area contributed by atoms with Crippen molar-refractivity contribution in [3.63, 3.8) is 0 Å². The highest BCUT2D eigenvalue weighted by molar-refractivity contribution is 7.89.